The number of benzene rings is 2. The Balaban J connectivity index is 1.57. The molecule has 21 heavy (non-hydrogen) atoms. The molecule has 1 fully saturated rings. The summed E-state index contributed by atoms with van der Waals surface area (Å²) in [6, 6.07) is 16.1. The zero-order valence-corrected chi connectivity index (χ0v) is 11.9. The summed E-state index contributed by atoms with van der Waals surface area (Å²) in [5.74, 6) is 2.11. The Morgan fingerprint density at radius 3 is 2.76 bits per heavy atom. The van der Waals surface area contributed by atoms with Crippen molar-refractivity contribution in [1.82, 2.24) is 4.90 Å². The van der Waals surface area contributed by atoms with Crippen molar-refractivity contribution in [3.8, 4) is 11.5 Å². The van der Waals surface area contributed by atoms with Gasteiger partial charge in [0.2, 0.25) is 0 Å². The van der Waals surface area contributed by atoms with Gasteiger partial charge in [-0.3, -0.25) is 4.90 Å². The predicted molar refractivity (Wildman–Crippen MR) is 81.6 cm³/mol. The van der Waals surface area contributed by atoms with E-state index in [0.29, 0.717) is 17.6 Å². The molecule has 4 rings (SSSR count). The lowest BCUT2D eigenvalue weighted by Gasteiger charge is -2.28. The van der Waals surface area contributed by atoms with E-state index in [1.54, 1.807) is 6.07 Å². The van der Waals surface area contributed by atoms with Crippen LogP contribution in [0.4, 0.5) is 0 Å². The molecular formula is C18H19NO2. The van der Waals surface area contributed by atoms with Gasteiger partial charge in [-0.05, 0) is 17.7 Å². The first-order valence-corrected chi connectivity index (χ1v) is 7.52. The largest absolute Gasteiger partial charge is 0.508 e. The molecule has 2 atom stereocenters. The second-order valence-corrected chi connectivity index (χ2v) is 6.05. The quantitative estimate of drug-likeness (QED) is 0.918. The second kappa shape index (κ2) is 5.08. The topological polar surface area (TPSA) is 32.7 Å². The van der Waals surface area contributed by atoms with E-state index in [1.165, 1.54) is 5.56 Å². The lowest BCUT2D eigenvalue weighted by Crippen LogP contribution is -2.25. The highest BCUT2D eigenvalue weighted by Crippen LogP contribution is 2.45. The van der Waals surface area contributed by atoms with Gasteiger partial charge in [-0.1, -0.05) is 36.4 Å². The van der Waals surface area contributed by atoms with Crippen molar-refractivity contribution in [3.63, 3.8) is 0 Å². The zero-order valence-electron chi connectivity index (χ0n) is 11.9. The Hall–Kier alpha value is -2.00. The normalized spacial score (nSPS) is 24.2. The molecule has 0 aliphatic carbocycles. The van der Waals surface area contributed by atoms with Crippen molar-refractivity contribution in [2.45, 2.75) is 12.5 Å². The average Bonchev–Trinajstić information content (AvgIpc) is 2.90. The predicted octanol–water partition coefficient (Wildman–Crippen LogP) is 3.00. The highest BCUT2D eigenvalue weighted by molar-refractivity contribution is 5.48. The van der Waals surface area contributed by atoms with Gasteiger partial charge in [0.25, 0.3) is 0 Å². The first-order chi connectivity index (χ1) is 10.3. The van der Waals surface area contributed by atoms with Crippen LogP contribution in [0.1, 0.15) is 17.0 Å². The first-order valence-electron chi connectivity index (χ1n) is 7.52. The van der Waals surface area contributed by atoms with Crippen molar-refractivity contribution >= 4 is 0 Å². The maximum atomic E-state index is 10.2. The fourth-order valence-corrected chi connectivity index (χ4v) is 3.66. The van der Waals surface area contributed by atoms with E-state index in [4.69, 9.17) is 4.74 Å². The third kappa shape index (κ3) is 2.28. The summed E-state index contributed by atoms with van der Waals surface area (Å²) in [5.41, 5.74) is 2.35. The maximum Gasteiger partial charge on any atom is 0.126 e. The molecule has 3 heteroatoms. The van der Waals surface area contributed by atoms with E-state index in [9.17, 15) is 5.11 Å². The highest BCUT2D eigenvalue weighted by Gasteiger charge is 2.40. The van der Waals surface area contributed by atoms with Crippen LogP contribution in [0.5, 0.6) is 11.5 Å². The molecule has 0 unspecified atom stereocenters. The second-order valence-electron chi connectivity index (χ2n) is 6.05. The molecule has 2 aliphatic heterocycles. The van der Waals surface area contributed by atoms with E-state index in [1.807, 2.05) is 12.1 Å². The molecule has 1 saturated heterocycles. The fraction of sp³-hybridized carbons (Fsp3) is 0.333. The molecule has 2 aliphatic rings. The van der Waals surface area contributed by atoms with Crippen molar-refractivity contribution in [1.29, 1.82) is 0 Å². The van der Waals surface area contributed by atoms with Crippen LogP contribution < -0.4 is 4.74 Å². The minimum atomic E-state index is 0.378. The van der Waals surface area contributed by atoms with E-state index < -0.39 is 0 Å². The molecule has 0 amide bonds. The van der Waals surface area contributed by atoms with Crippen LogP contribution in [0.15, 0.2) is 48.5 Å². The van der Waals surface area contributed by atoms with Crippen molar-refractivity contribution < 1.29 is 9.84 Å². The summed E-state index contributed by atoms with van der Waals surface area (Å²) in [7, 11) is 0. The Labute approximate surface area is 124 Å². The van der Waals surface area contributed by atoms with Gasteiger partial charge < -0.3 is 9.84 Å². The maximum absolute atomic E-state index is 10.2. The molecule has 0 radical (unpaired) electrons. The van der Waals surface area contributed by atoms with Gasteiger partial charge in [0.05, 0.1) is 6.61 Å². The molecule has 1 N–H and O–H groups in total. The van der Waals surface area contributed by atoms with Crippen molar-refractivity contribution in [2.24, 2.45) is 5.92 Å². The Morgan fingerprint density at radius 1 is 1.05 bits per heavy atom. The number of likely N-dealkylation sites (tertiary alicyclic amines) is 1. The summed E-state index contributed by atoms with van der Waals surface area (Å²) >= 11 is 0. The van der Waals surface area contributed by atoms with E-state index in [2.05, 4.69) is 35.2 Å². The van der Waals surface area contributed by atoms with Crippen LogP contribution in [-0.4, -0.2) is 29.7 Å². The van der Waals surface area contributed by atoms with Gasteiger partial charge in [0.1, 0.15) is 11.5 Å². The molecule has 2 aromatic carbocycles. The Kier molecular flexibility index (Phi) is 3.08. The fourth-order valence-electron chi connectivity index (χ4n) is 3.66. The van der Waals surface area contributed by atoms with Gasteiger partial charge in [0.15, 0.2) is 0 Å². The van der Waals surface area contributed by atoms with Crippen molar-refractivity contribution in [3.05, 3.63) is 59.7 Å². The Bertz CT molecular complexity index is 641. The number of nitrogens with zero attached hydrogens (tertiary/aromatic N) is 1. The highest BCUT2D eigenvalue weighted by atomic mass is 16.5. The van der Waals surface area contributed by atoms with E-state index in [-0.39, 0.29) is 0 Å². The molecule has 0 saturated carbocycles. The van der Waals surface area contributed by atoms with Crippen molar-refractivity contribution in [2.75, 3.05) is 19.7 Å². The number of aromatic hydroxyl groups is 1. The summed E-state index contributed by atoms with van der Waals surface area (Å²) in [6.45, 7) is 3.75. The first kappa shape index (κ1) is 12.7. The number of hydrogen-bond donors (Lipinski definition) is 1. The number of rotatable bonds is 2. The van der Waals surface area contributed by atoms with Gasteiger partial charge >= 0.3 is 0 Å². The molecule has 3 nitrogen and oxygen atoms in total. The molecule has 108 valence electrons. The van der Waals surface area contributed by atoms with Crippen LogP contribution in [-0.2, 0) is 6.54 Å². The molecule has 0 bridgehead atoms. The van der Waals surface area contributed by atoms with Crippen LogP contribution in [0.25, 0.3) is 0 Å². The number of phenols is 1. The van der Waals surface area contributed by atoms with Gasteiger partial charge in [-0.2, -0.15) is 0 Å². The van der Waals surface area contributed by atoms with Gasteiger partial charge in [-0.15, -0.1) is 0 Å². The summed E-state index contributed by atoms with van der Waals surface area (Å²) in [5, 5.41) is 10.2. The molecule has 2 aromatic rings. The Morgan fingerprint density at radius 2 is 1.90 bits per heavy atom. The number of ether oxygens (including phenoxy) is 1. The lowest BCUT2D eigenvalue weighted by molar-refractivity contribution is 0.209. The summed E-state index contributed by atoms with van der Waals surface area (Å²) in [6.07, 6.45) is 0. The number of phenolic OH excluding ortho intramolecular Hbond substituents is 1. The minimum Gasteiger partial charge on any atom is -0.508 e. The van der Waals surface area contributed by atoms with E-state index >= 15 is 0 Å². The standard InChI is InChI=1S/C18H19NO2/c20-16-7-4-8-17-18(16)15-11-19(10-14(15)12-21-17)9-13-5-2-1-3-6-13/h1-8,14-15,20H,9-12H2/t14-,15-/m1/s1. The molecule has 0 spiro atoms. The molecular weight excluding hydrogens is 262 g/mol. The van der Waals surface area contributed by atoms with Crippen LogP contribution in [0.3, 0.4) is 0 Å². The third-order valence-electron chi connectivity index (χ3n) is 4.63. The van der Waals surface area contributed by atoms with Gasteiger partial charge in [0, 0.05) is 37.0 Å². The molecule has 0 aromatic heterocycles. The lowest BCUT2D eigenvalue weighted by atomic mass is 9.86. The smallest absolute Gasteiger partial charge is 0.126 e. The summed E-state index contributed by atoms with van der Waals surface area (Å²) < 4.78 is 5.83. The number of fused-ring (bicyclic) bond motifs is 3. The summed E-state index contributed by atoms with van der Waals surface area (Å²) in [4.78, 5) is 2.47. The SMILES string of the molecule is Oc1cccc2c1[C@@H]1CN(Cc3ccccc3)C[C@@H]1CO2. The van der Waals surface area contributed by atoms with Crippen LogP contribution in [0, 0.1) is 5.92 Å². The van der Waals surface area contributed by atoms with Gasteiger partial charge in [-0.25, -0.2) is 0 Å². The monoisotopic (exact) mass is 281 g/mol. The minimum absolute atomic E-state index is 0.378. The third-order valence-corrected chi connectivity index (χ3v) is 4.63. The zero-order chi connectivity index (χ0) is 14.2. The van der Waals surface area contributed by atoms with Crippen LogP contribution >= 0.6 is 0 Å². The number of hydrogen-bond acceptors (Lipinski definition) is 3. The molecule has 2 heterocycles. The van der Waals surface area contributed by atoms with Crippen LogP contribution in [0.2, 0.25) is 0 Å². The van der Waals surface area contributed by atoms with E-state index in [0.717, 1.165) is 37.6 Å². The average molecular weight is 281 g/mol.